The molecule has 2 heterocycles. The summed E-state index contributed by atoms with van der Waals surface area (Å²) in [7, 11) is 0. The Morgan fingerprint density at radius 1 is 1.05 bits per heavy atom. The number of carboxylic acid groups (broad SMARTS) is 1. The van der Waals surface area contributed by atoms with Gasteiger partial charge in [-0.15, -0.1) is 0 Å². The number of rotatable bonds is 2. The number of carbonyl (C=O) groups excluding carboxylic acids is 2. The van der Waals surface area contributed by atoms with Crippen molar-refractivity contribution in [2.24, 2.45) is 0 Å². The molecule has 0 aromatic heterocycles. The molecular weight excluding hydrogens is 278 g/mol. The van der Waals surface area contributed by atoms with Crippen LogP contribution in [0, 0.1) is 0 Å². The second-order valence-corrected chi connectivity index (χ2v) is 5.42. The summed E-state index contributed by atoms with van der Waals surface area (Å²) in [5.74, 6) is -1.04. The van der Waals surface area contributed by atoms with Crippen molar-refractivity contribution in [3.05, 3.63) is 0 Å². The molecule has 0 saturated carbocycles. The molecule has 0 aromatic rings. The molecule has 2 fully saturated rings. The lowest BCUT2D eigenvalue weighted by molar-refractivity contribution is -0.148. The number of aliphatic carboxylic acids is 1. The van der Waals surface area contributed by atoms with Gasteiger partial charge in [0.25, 0.3) is 0 Å². The quantitative estimate of drug-likeness (QED) is 0.716. The number of nitrogens with zero attached hydrogens (tertiary/aromatic N) is 2. The fraction of sp³-hybridized carbons (Fsp3) is 0.769. The van der Waals surface area contributed by atoms with Gasteiger partial charge in [0, 0.05) is 59.2 Å². The van der Waals surface area contributed by atoms with Crippen LogP contribution < -0.4 is 5.32 Å². The average Bonchev–Trinajstić information content (AvgIpc) is 2.48. The maximum absolute atomic E-state index is 12.3. The molecule has 2 N–H and O–H groups in total. The Bertz CT molecular complexity index is 426. The minimum Gasteiger partial charge on any atom is -0.480 e. The first kappa shape index (κ1) is 15.6. The van der Waals surface area contributed by atoms with Crippen molar-refractivity contribution in [3.63, 3.8) is 0 Å². The SMILES string of the molecule is CC(=O)N1CCN(C(=O)NC2(C(=O)O)CCOCC2)CC1. The Hall–Kier alpha value is -1.83. The Morgan fingerprint density at radius 3 is 2.05 bits per heavy atom. The van der Waals surface area contributed by atoms with Gasteiger partial charge in [-0.3, -0.25) is 4.79 Å². The highest BCUT2D eigenvalue weighted by molar-refractivity contribution is 5.86. The molecule has 0 radical (unpaired) electrons. The first-order valence-electron chi connectivity index (χ1n) is 7.08. The zero-order valence-corrected chi connectivity index (χ0v) is 12.1. The van der Waals surface area contributed by atoms with Crippen LogP contribution in [0.25, 0.3) is 0 Å². The minimum atomic E-state index is -1.24. The van der Waals surface area contributed by atoms with Crippen LogP contribution >= 0.6 is 0 Å². The lowest BCUT2D eigenvalue weighted by Crippen LogP contribution is -2.62. The third kappa shape index (κ3) is 3.44. The topological polar surface area (TPSA) is 99.2 Å². The maximum Gasteiger partial charge on any atom is 0.329 e. The molecule has 0 atom stereocenters. The Morgan fingerprint density at radius 2 is 1.57 bits per heavy atom. The molecule has 2 rings (SSSR count). The van der Waals surface area contributed by atoms with Crippen molar-refractivity contribution in [1.82, 2.24) is 15.1 Å². The van der Waals surface area contributed by atoms with E-state index in [4.69, 9.17) is 4.74 Å². The second kappa shape index (κ2) is 6.30. The molecule has 0 bridgehead atoms. The summed E-state index contributed by atoms with van der Waals surface area (Å²) in [5, 5.41) is 12.1. The van der Waals surface area contributed by atoms with Crippen LogP contribution in [0.5, 0.6) is 0 Å². The van der Waals surface area contributed by atoms with Crippen molar-refractivity contribution >= 4 is 17.9 Å². The van der Waals surface area contributed by atoms with Crippen LogP contribution in [0.2, 0.25) is 0 Å². The van der Waals surface area contributed by atoms with Gasteiger partial charge in [-0.1, -0.05) is 0 Å². The summed E-state index contributed by atoms with van der Waals surface area (Å²) in [6.07, 6.45) is 0.531. The van der Waals surface area contributed by atoms with Crippen LogP contribution in [0.3, 0.4) is 0 Å². The molecule has 2 aliphatic heterocycles. The summed E-state index contributed by atoms with van der Waals surface area (Å²) < 4.78 is 5.17. The predicted octanol–water partition coefficient (Wildman–Crippen LogP) is -0.506. The van der Waals surface area contributed by atoms with Crippen LogP contribution in [-0.2, 0) is 14.3 Å². The number of amides is 3. The number of nitrogens with one attached hydrogen (secondary N) is 1. The summed E-state index contributed by atoms with van der Waals surface area (Å²) in [6.45, 7) is 3.93. The van der Waals surface area contributed by atoms with Gasteiger partial charge >= 0.3 is 12.0 Å². The molecule has 8 nitrogen and oxygen atoms in total. The van der Waals surface area contributed by atoms with E-state index in [0.29, 0.717) is 39.4 Å². The largest absolute Gasteiger partial charge is 0.480 e. The van der Waals surface area contributed by atoms with E-state index in [9.17, 15) is 19.5 Å². The van der Waals surface area contributed by atoms with E-state index in [0.717, 1.165) is 0 Å². The first-order valence-corrected chi connectivity index (χ1v) is 7.08. The zero-order valence-electron chi connectivity index (χ0n) is 12.1. The van der Waals surface area contributed by atoms with E-state index < -0.39 is 11.5 Å². The summed E-state index contributed by atoms with van der Waals surface area (Å²) in [6, 6.07) is -0.387. The fourth-order valence-electron chi connectivity index (χ4n) is 2.62. The third-order valence-electron chi connectivity index (χ3n) is 4.11. The maximum atomic E-state index is 12.3. The molecule has 3 amide bonds. The van der Waals surface area contributed by atoms with Crippen molar-refractivity contribution < 1.29 is 24.2 Å². The summed E-state index contributed by atoms with van der Waals surface area (Å²) in [4.78, 5) is 38.2. The molecule has 0 aromatic carbocycles. The lowest BCUT2D eigenvalue weighted by Gasteiger charge is -2.38. The van der Waals surface area contributed by atoms with Crippen molar-refractivity contribution in [2.45, 2.75) is 25.3 Å². The van der Waals surface area contributed by atoms with E-state index in [-0.39, 0.29) is 24.8 Å². The zero-order chi connectivity index (χ0) is 15.5. The molecular formula is C13H21N3O5. The van der Waals surface area contributed by atoms with Gasteiger partial charge in [-0.2, -0.15) is 0 Å². The van der Waals surface area contributed by atoms with Crippen LogP contribution in [0.4, 0.5) is 4.79 Å². The summed E-state index contributed by atoms with van der Waals surface area (Å²) in [5.41, 5.74) is -1.24. The number of ether oxygens (including phenoxy) is 1. The van der Waals surface area contributed by atoms with Gasteiger partial charge in [0.05, 0.1) is 0 Å². The fourth-order valence-corrected chi connectivity index (χ4v) is 2.62. The summed E-state index contributed by atoms with van der Waals surface area (Å²) >= 11 is 0. The van der Waals surface area contributed by atoms with Crippen molar-refractivity contribution in [3.8, 4) is 0 Å². The molecule has 0 unspecified atom stereocenters. The van der Waals surface area contributed by atoms with Crippen molar-refractivity contribution in [2.75, 3.05) is 39.4 Å². The molecule has 2 aliphatic rings. The first-order chi connectivity index (χ1) is 9.94. The number of carbonyl (C=O) groups is 3. The highest BCUT2D eigenvalue weighted by Crippen LogP contribution is 2.21. The molecule has 2 saturated heterocycles. The third-order valence-corrected chi connectivity index (χ3v) is 4.11. The molecule has 21 heavy (non-hydrogen) atoms. The lowest BCUT2D eigenvalue weighted by atomic mass is 9.90. The van der Waals surface area contributed by atoms with Gasteiger partial charge in [0.2, 0.25) is 5.91 Å². The van der Waals surface area contributed by atoms with Crippen LogP contribution in [0.15, 0.2) is 0 Å². The number of hydrogen-bond donors (Lipinski definition) is 2. The Kier molecular flexibility index (Phi) is 4.66. The van der Waals surface area contributed by atoms with Crippen LogP contribution in [0.1, 0.15) is 19.8 Å². The minimum absolute atomic E-state index is 0.0125. The normalized spacial score (nSPS) is 21.8. The second-order valence-electron chi connectivity index (χ2n) is 5.42. The monoisotopic (exact) mass is 299 g/mol. The number of carboxylic acids is 1. The Labute approximate surface area is 123 Å². The van der Waals surface area contributed by atoms with Crippen LogP contribution in [-0.4, -0.2) is 77.7 Å². The number of urea groups is 1. The van der Waals surface area contributed by atoms with E-state index in [1.165, 1.54) is 6.92 Å². The highest BCUT2D eigenvalue weighted by atomic mass is 16.5. The Balaban J connectivity index is 1.94. The van der Waals surface area contributed by atoms with E-state index in [1.807, 2.05) is 0 Å². The van der Waals surface area contributed by atoms with Gasteiger partial charge in [0.15, 0.2) is 0 Å². The smallest absolute Gasteiger partial charge is 0.329 e. The number of hydrogen-bond acceptors (Lipinski definition) is 4. The van der Waals surface area contributed by atoms with Gasteiger partial charge in [-0.05, 0) is 0 Å². The van der Waals surface area contributed by atoms with Gasteiger partial charge < -0.3 is 25.0 Å². The standard InChI is InChI=1S/C13H21N3O5/c1-10(17)15-4-6-16(7-5-15)12(20)14-13(11(18)19)2-8-21-9-3-13/h2-9H2,1H3,(H,14,20)(H,18,19). The molecule has 8 heteroatoms. The predicted molar refractivity (Wildman–Crippen MR) is 72.8 cm³/mol. The average molecular weight is 299 g/mol. The van der Waals surface area contributed by atoms with E-state index in [2.05, 4.69) is 5.32 Å². The van der Waals surface area contributed by atoms with E-state index >= 15 is 0 Å². The highest BCUT2D eigenvalue weighted by Gasteiger charge is 2.42. The van der Waals surface area contributed by atoms with Gasteiger partial charge in [-0.25, -0.2) is 9.59 Å². The van der Waals surface area contributed by atoms with Crippen molar-refractivity contribution in [1.29, 1.82) is 0 Å². The van der Waals surface area contributed by atoms with Gasteiger partial charge in [0.1, 0.15) is 5.54 Å². The molecule has 0 aliphatic carbocycles. The molecule has 118 valence electrons. The number of piperazine rings is 1. The van der Waals surface area contributed by atoms with E-state index in [1.54, 1.807) is 9.80 Å². The molecule has 0 spiro atoms.